The Hall–Kier alpha value is -2.92. The molecule has 0 bridgehead atoms. The summed E-state index contributed by atoms with van der Waals surface area (Å²) in [6, 6.07) is 22.2. The first-order chi connectivity index (χ1) is 13.3. The van der Waals surface area contributed by atoms with Crippen LogP contribution in [-0.2, 0) is 13.0 Å². The van der Waals surface area contributed by atoms with Crippen LogP contribution in [0.3, 0.4) is 0 Å². The number of rotatable bonds is 6. The van der Waals surface area contributed by atoms with E-state index in [-0.39, 0.29) is 22.9 Å². The molecule has 2 heterocycles. The zero-order chi connectivity index (χ0) is 18.5. The second kappa shape index (κ2) is 9.33. The standard InChI is InChI=1S/C23H21N3O.BrH/c27-23(24-13-12-19-15-25-22-11-5-4-10-21(19)22)20-9-6-14-26(17-20)16-18-7-2-1-3-8-18;/h1-11,14-15,17,25H,12-13,16H2;1H. The number of pyridine rings is 1. The summed E-state index contributed by atoms with van der Waals surface area (Å²) in [5, 5.41) is 4.24. The highest BCUT2D eigenvalue weighted by molar-refractivity contribution is 5.93. The molecule has 4 nitrogen and oxygen atoms in total. The molecule has 2 N–H and O–H groups in total. The van der Waals surface area contributed by atoms with Gasteiger partial charge in [-0.3, -0.25) is 4.79 Å². The fraction of sp³-hybridized carbons (Fsp3) is 0.130. The van der Waals surface area contributed by atoms with E-state index in [1.165, 1.54) is 16.5 Å². The summed E-state index contributed by atoms with van der Waals surface area (Å²) in [4.78, 5) is 15.8. The van der Waals surface area contributed by atoms with E-state index < -0.39 is 0 Å². The van der Waals surface area contributed by atoms with Gasteiger partial charge in [-0.05, 0) is 24.1 Å². The van der Waals surface area contributed by atoms with E-state index in [0.29, 0.717) is 12.1 Å². The summed E-state index contributed by atoms with van der Waals surface area (Å²) < 4.78 is 2.03. The Kier molecular flexibility index (Phi) is 6.61. The zero-order valence-electron chi connectivity index (χ0n) is 15.4. The monoisotopic (exact) mass is 435 g/mol. The predicted molar refractivity (Wildman–Crippen MR) is 107 cm³/mol. The van der Waals surface area contributed by atoms with Crippen molar-refractivity contribution >= 4 is 16.8 Å². The third-order valence-corrected chi connectivity index (χ3v) is 4.68. The Balaban J connectivity index is 0.00000225. The van der Waals surface area contributed by atoms with Crippen molar-refractivity contribution in [3.63, 3.8) is 0 Å². The normalized spacial score (nSPS) is 10.4. The van der Waals surface area contributed by atoms with E-state index in [0.717, 1.165) is 18.5 Å². The third kappa shape index (κ3) is 4.67. The quantitative estimate of drug-likeness (QED) is 0.425. The molecule has 0 saturated carbocycles. The molecule has 2 aromatic carbocycles. The zero-order valence-corrected chi connectivity index (χ0v) is 17.0. The number of H-pyrrole nitrogens is 1. The number of carbonyl (C=O) groups excluding carboxylic acids is 1. The molecule has 0 atom stereocenters. The van der Waals surface area contributed by atoms with E-state index >= 15 is 0 Å². The molecule has 0 spiro atoms. The fourth-order valence-corrected chi connectivity index (χ4v) is 3.30. The van der Waals surface area contributed by atoms with Crippen LogP contribution in [0.25, 0.3) is 10.9 Å². The number of benzene rings is 2. The van der Waals surface area contributed by atoms with Gasteiger partial charge < -0.3 is 27.3 Å². The van der Waals surface area contributed by atoms with Gasteiger partial charge in [-0.1, -0.05) is 48.5 Å². The minimum absolute atomic E-state index is 0. The van der Waals surface area contributed by atoms with Gasteiger partial charge in [0.2, 0.25) is 0 Å². The first-order valence-electron chi connectivity index (χ1n) is 9.16. The lowest BCUT2D eigenvalue weighted by Gasteiger charge is -2.05. The number of aromatic amines is 1. The number of hydrogen-bond donors (Lipinski definition) is 2. The Labute approximate surface area is 175 Å². The van der Waals surface area contributed by atoms with Crippen molar-refractivity contribution in [1.82, 2.24) is 10.3 Å². The summed E-state index contributed by atoms with van der Waals surface area (Å²) in [6.07, 6.45) is 6.70. The van der Waals surface area contributed by atoms with Crippen LogP contribution in [0, 0.1) is 0 Å². The minimum Gasteiger partial charge on any atom is -1.00 e. The van der Waals surface area contributed by atoms with Crippen LogP contribution in [0.4, 0.5) is 0 Å². The van der Waals surface area contributed by atoms with Gasteiger partial charge in [0.15, 0.2) is 18.9 Å². The predicted octanol–water partition coefficient (Wildman–Crippen LogP) is 0.480. The van der Waals surface area contributed by atoms with Gasteiger partial charge in [-0.2, -0.15) is 4.57 Å². The molecule has 0 radical (unpaired) electrons. The summed E-state index contributed by atoms with van der Waals surface area (Å²) in [5.74, 6) is -0.0442. The first kappa shape index (κ1) is 19.8. The Bertz CT molecular complexity index is 1060. The molecule has 0 saturated heterocycles. The highest BCUT2D eigenvalue weighted by atomic mass is 79.9. The van der Waals surface area contributed by atoms with Gasteiger partial charge in [0, 0.05) is 35.3 Å². The Morgan fingerprint density at radius 1 is 0.964 bits per heavy atom. The number of nitrogens with zero attached hydrogens (tertiary/aromatic N) is 1. The van der Waals surface area contributed by atoms with E-state index in [2.05, 4.69) is 34.6 Å². The maximum atomic E-state index is 12.5. The molecule has 1 amide bonds. The number of carbonyl (C=O) groups is 1. The van der Waals surface area contributed by atoms with Gasteiger partial charge in [0.25, 0.3) is 5.91 Å². The highest BCUT2D eigenvalue weighted by Crippen LogP contribution is 2.17. The molecule has 4 rings (SSSR count). The molecular weight excluding hydrogens is 414 g/mol. The van der Waals surface area contributed by atoms with Crippen LogP contribution in [0.1, 0.15) is 21.5 Å². The summed E-state index contributed by atoms with van der Waals surface area (Å²) in [6.45, 7) is 1.35. The Morgan fingerprint density at radius 3 is 2.61 bits per heavy atom. The van der Waals surface area contributed by atoms with Gasteiger partial charge in [0.1, 0.15) is 5.56 Å². The number of amides is 1. The van der Waals surface area contributed by atoms with Crippen LogP contribution < -0.4 is 26.9 Å². The van der Waals surface area contributed by atoms with Gasteiger partial charge in [0.05, 0.1) is 0 Å². The van der Waals surface area contributed by atoms with E-state index in [1.54, 1.807) is 0 Å². The van der Waals surface area contributed by atoms with E-state index in [4.69, 9.17) is 0 Å². The van der Waals surface area contributed by atoms with Crippen molar-refractivity contribution in [3.05, 3.63) is 102 Å². The van der Waals surface area contributed by atoms with Gasteiger partial charge in [-0.15, -0.1) is 0 Å². The third-order valence-electron chi connectivity index (χ3n) is 4.68. The van der Waals surface area contributed by atoms with Crippen LogP contribution in [0.15, 0.2) is 85.3 Å². The van der Waals surface area contributed by atoms with Crippen LogP contribution in [0.5, 0.6) is 0 Å². The van der Waals surface area contributed by atoms with Crippen molar-refractivity contribution in [2.45, 2.75) is 13.0 Å². The lowest BCUT2D eigenvalue weighted by molar-refractivity contribution is -0.688. The maximum Gasteiger partial charge on any atom is 0.257 e. The highest BCUT2D eigenvalue weighted by Gasteiger charge is 2.11. The van der Waals surface area contributed by atoms with Crippen molar-refractivity contribution < 1.29 is 26.3 Å². The van der Waals surface area contributed by atoms with Crippen molar-refractivity contribution in [1.29, 1.82) is 0 Å². The van der Waals surface area contributed by atoms with Crippen molar-refractivity contribution in [2.24, 2.45) is 0 Å². The molecule has 5 heteroatoms. The summed E-state index contributed by atoms with van der Waals surface area (Å²) >= 11 is 0. The lowest BCUT2D eigenvalue weighted by atomic mass is 10.1. The molecule has 28 heavy (non-hydrogen) atoms. The largest absolute Gasteiger partial charge is 1.00 e. The average Bonchev–Trinajstić information content (AvgIpc) is 3.12. The molecule has 0 unspecified atom stereocenters. The lowest BCUT2D eigenvalue weighted by Crippen LogP contribution is -3.00. The number of halogens is 1. The Morgan fingerprint density at radius 2 is 1.75 bits per heavy atom. The number of aromatic nitrogens is 2. The molecule has 2 aromatic heterocycles. The SMILES string of the molecule is O=C(NCCc1c[nH]c2ccccc12)c1ccc[n+](Cc2ccccc2)c1.[Br-]. The number of para-hydroxylation sites is 1. The van der Waals surface area contributed by atoms with Gasteiger partial charge in [-0.25, -0.2) is 0 Å². The number of nitrogens with one attached hydrogen (secondary N) is 2. The van der Waals surface area contributed by atoms with Gasteiger partial charge >= 0.3 is 0 Å². The topological polar surface area (TPSA) is 48.8 Å². The first-order valence-corrected chi connectivity index (χ1v) is 9.16. The summed E-state index contributed by atoms with van der Waals surface area (Å²) in [7, 11) is 0. The second-order valence-electron chi connectivity index (χ2n) is 6.62. The maximum absolute atomic E-state index is 12.5. The van der Waals surface area contributed by atoms with Crippen molar-refractivity contribution in [2.75, 3.05) is 6.54 Å². The molecule has 0 aliphatic carbocycles. The summed E-state index contributed by atoms with van der Waals surface area (Å²) in [5.41, 5.74) is 4.23. The second-order valence-corrected chi connectivity index (χ2v) is 6.62. The van der Waals surface area contributed by atoms with E-state index in [9.17, 15) is 4.79 Å². The average molecular weight is 436 g/mol. The van der Waals surface area contributed by atoms with E-state index in [1.807, 2.05) is 65.6 Å². The molecule has 142 valence electrons. The van der Waals surface area contributed by atoms with Crippen LogP contribution >= 0.6 is 0 Å². The van der Waals surface area contributed by atoms with Crippen LogP contribution in [0.2, 0.25) is 0 Å². The fourth-order valence-electron chi connectivity index (χ4n) is 3.30. The minimum atomic E-state index is -0.0442. The molecule has 0 fully saturated rings. The molecule has 4 aromatic rings. The number of fused-ring (bicyclic) bond motifs is 1. The van der Waals surface area contributed by atoms with Crippen LogP contribution in [-0.4, -0.2) is 17.4 Å². The molecular formula is C23H22BrN3O. The van der Waals surface area contributed by atoms with Crippen molar-refractivity contribution in [3.8, 4) is 0 Å². The number of hydrogen-bond acceptors (Lipinski definition) is 1. The molecule has 0 aliphatic heterocycles. The smallest absolute Gasteiger partial charge is 0.257 e. The molecule has 0 aliphatic rings.